The van der Waals surface area contributed by atoms with Crippen molar-refractivity contribution in [2.75, 3.05) is 26.4 Å². The van der Waals surface area contributed by atoms with Crippen LogP contribution in [-0.2, 0) is 22.4 Å². The molecule has 8 nitrogen and oxygen atoms in total. The van der Waals surface area contributed by atoms with Gasteiger partial charge in [0.2, 0.25) is 5.43 Å². The number of fused-ring (bicyclic) bond motifs is 1. The Kier molecular flexibility index (Phi) is 12.5. The number of unbranched alkanes of at least 4 members (excludes halogenated alkanes) is 1. The summed E-state index contributed by atoms with van der Waals surface area (Å²) >= 11 is 0. The molecule has 2 rings (SSSR count). The van der Waals surface area contributed by atoms with Crippen molar-refractivity contribution in [2.45, 2.75) is 46.1 Å². The van der Waals surface area contributed by atoms with Crippen molar-refractivity contribution in [2.24, 2.45) is 0 Å². The van der Waals surface area contributed by atoms with Gasteiger partial charge in [0.05, 0.1) is 18.7 Å². The summed E-state index contributed by atoms with van der Waals surface area (Å²) in [6, 6.07) is 5.57. The van der Waals surface area contributed by atoms with Crippen LogP contribution in [0.2, 0.25) is 0 Å². The number of nitrogens with zero attached hydrogens (tertiary/aromatic N) is 1. The van der Waals surface area contributed by atoms with Crippen LogP contribution in [0.15, 0.2) is 29.2 Å². The number of aryl methyl sites for hydroxylation is 2. The molecule has 9 heteroatoms. The number of aromatic nitrogens is 1. The van der Waals surface area contributed by atoms with E-state index in [4.69, 9.17) is 9.47 Å². The quantitative estimate of drug-likeness (QED) is 0.387. The first-order valence-electron chi connectivity index (χ1n) is 10.4. The van der Waals surface area contributed by atoms with E-state index in [1.165, 1.54) is 6.20 Å². The molecule has 1 aromatic heterocycles. The van der Waals surface area contributed by atoms with Gasteiger partial charge in [-0.3, -0.25) is 4.79 Å². The molecule has 1 amide bonds. The molecule has 0 aliphatic heterocycles. The SMILES string of the molecule is CCCCOC(=O)NCCOCCCc1ccc2c(c1)c(=O)c(C(=O)O)cn2CC.[NaH]. The van der Waals surface area contributed by atoms with Crippen molar-refractivity contribution in [1.29, 1.82) is 0 Å². The van der Waals surface area contributed by atoms with E-state index in [0.717, 1.165) is 30.3 Å². The minimum atomic E-state index is -1.22. The molecule has 0 saturated heterocycles. The van der Waals surface area contributed by atoms with Crippen molar-refractivity contribution >= 4 is 52.5 Å². The van der Waals surface area contributed by atoms with Crippen LogP contribution in [0.5, 0.6) is 0 Å². The number of rotatable bonds is 12. The Bertz CT molecular complexity index is 928. The van der Waals surface area contributed by atoms with Crippen LogP contribution in [-0.4, -0.2) is 77.7 Å². The predicted octanol–water partition coefficient (Wildman–Crippen LogP) is 2.55. The first kappa shape index (κ1) is 27.2. The summed E-state index contributed by atoms with van der Waals surface area (Å²) in [5, 5.41) is 12.3. The predicted molar refractivity (Wildman–Crippen MR) is 121 cm³/mol. The molecule has 166 valence electrons. The molecule has 0 bridgehead atoms. The van der Waals surface area contributed by atoms with Gasteiger partial charge in [0, 0.05) is 31.3 Å². The number of nitrogens with one attached hydrogen (secondary N) is 1. The number of carbonyl (C=O) groups excluding carboxylic acids is 1. The van der Waals surface area contributed by atoms with E-state index in [9.17, 15) is 19.5 Å². The average Bonchev–Trinajstić information content (AvgIpc) is 2.73. The zero-order chi connectivity index (χ0) is 21.9. The van der Waals surface area contributed by atoms with Gasteiger partial charge >= 0.3 is 41.6 Å². The van der Waals surface area contributed by atoms with E-state index >= 15 is 0 Å². The second kappa shape index (κ2) is 14.2. The van der Waals surface area contributed by atoms with Crippen LogP contribution < -0.4 is 10.7 Å². The number of benzene rings is 1. The van der Waals surface area contributed by atoms with E-state index in [1.807, 2.05) is 26.0 Å². The van der Waals surface area contributed by atoms with Crippen LogP contribution in [0.1, 0.15) is 49.0 Å². The third-order valence-electron chi connectivity index (χ3n) is 4.72. The number of carboxylic acid groups (broad SMARTS) is 1. The van der Waals surface area contributed by atoms with Crippen molar-refractivity contribution in [3.05, 3.63) is 45.7 Å². The van der Waals surface area contributed by atoms with Gasteiger partial charge in [-0.1, -0.05) is 19.4 Å². The summed E-state index contributed by atoms with van der Waals surface area (Å²) in [5.41, 5.74) is 0.998. The molecular weight excluding hydrogens is 411 g/mol. The first-order chi connectivity index (χ1) is 14.5. The number of ether oxygens (including phenoxy) is 2. The van der Waals surface area contributed by atoms with Crippen molar-refractivity contribution in [3.8, 4) is 0 Å². The zero-order valence-corrected chi connectivity index (χ0v) is 17.6. The molecular formula is C22H31N2NaO6. The third-order valence-corrected chi connectivity index (χ3v) is 4.72. The second-order valence-electron chi connectivity index (χ2n) is 6.95. The Morgan fingerprint density at radius 2 is 1.90 bits per heavy atom. The Labute approximate surface area is 204 Å². The molecule has 0 aliphatic carbocycles. The van der Waals surface area contributed by atoms with Gasteiger partial charge in [0.15, 0.2) is 0 Å². The first-order valence-corrected chi connectivity index (χ1v) is 10.4. The summed E-state index contributed by atoms with van der Waals surface area (Å²) in [7, 11) is 0. The Hall–Kier alpha value is -1.87. The van der Waals surface area contributed by atoms with Crippen LogP contribution in [0.3, 0.4) is 0 Å². The van der Waals surface area contributed by atoms with E-state index in [0.29, 0.717) is 44.7 Å². The third kappa shape index (κ3) is 8.29. The van der Waals surface area contributed by atoms with E-state index < -0.39 is 17.5 Å². The summed E-state index contributed by atoms with van der Waals surface area (Å²) in [6.45, 7) is 6.22. The molecule has 2 N–H and O–H groups in total. The fourth-order valence-corrected chi connectivity index (χ4v) is 3.08. The molecule has 31 heavy (non-hydrogen) atoms. The molecule has 0 aliphatic rings. The van der Waals surface area contributed by atoms with Crippen LogP contribution >= 0.6 is 0 Å². The second-order valence-corrected chi connectivity index (χ2v) is 6.95. The Morgan fingerprint density at radius 1 is 1.13 bits per heavy atom. The van der Waals surface area contributed by atoms with Crippen LogP contribution in [0.4, 0.5) is 4.79 Å². The topological polar surface area (TPSA) is 107 Å². The molecule has 0 spiro atoms. The van der Waals surface area contributed by atoms with E-state index in [1.54, 1.807) is 10.6 Å². The fraction of sp³-hybridized carbons (Fsp3) is 0.500. The molecule has 1 aromatic carbocycles. The summed E-state index contributed by atoms with van der Waals surface area (Å²) in [5.74, 6) is -1.22. The van der Waals surface area contributed by atoms with Gasteiger partial charge in [-0.25, -0.2) is 9.59 Å². The van der Waals surface area contributed by atoms with Gasteiger partial charge in [-0.2, -0.15) is 0 Å². The number of pyridine rings is 1. The van der Waals surface area contributed by atoms with Gasteiger partial charge < -0.3 is 24.5 Å². The van der Waals surface area contributed by atoms with Gasteiger partial charge in [0.1, 0.15) is 5.56 Å². The molecule has 0 saturated carbocycles. The van der Waals surface area contributed by atoms with Gasteiger partial charge in [-0.05, 0) is 43.9 Å². The molecule has 1 heterocycles. The van der Waals surface area contributed by atoms with Gasteiger partial charge in [0.25, 0.3) is 0 Å². The summed E-state index contributed by atoms with van der Waals surface area (Å²) < 4.78 is 12.3. The number of carbonyl (C=O) groups is 2. The standard InChI is InChI=1S/C22H30N2O6.Na.H/c1-3-5-12-30-22(28)23-10-13-29-11-6-7-16-8-9-19-17(14-16)20(25)18(21(26)27)15-24(19)4-2;;/h8-9,14-15H,3-7,10-13H2,1-2H3,(H,23,28)(H,26,27);;. The van der Waals surface area contributed by atoms with Crippen LogP contribution in [0, 0.1) is 0 Å². The number of alkyl carbamates (subject to hydrolysis) is 1. The zero-order valence-electron chi connectivity index (χ0n) is 17.6. The number of hydrogen-bond donors (Lipinski definition) is 2. The molecule has 0 fully saturated rings. The fourth-order valence-electron chi connectivity index (χ4n) is 3.08. The van der Waals surface area contributed by atoms with E-state index in [-0.39, 0.29) is 35.1 Å². The maximum atomic E-state index is 12.5. The summed E-state index contributed by atoms with van der Waals surface area (Å²) in [4.78, 5) is 35.3. The van der Waals surface area contributed by atoms with Crippen molar-refractivity contribution < 1.29 is 24.2 Å². The molecule has 0 radical (unpaired) electrons. The monoisotopic (exact) mass is 442 g/mol. The molecule has 0 atom stereocenters. The van der Waals surface area contributed by atoms with E-state index in [2.05, 4.69) is 5.32 Å². The average molecular weight is 442 g/mol. The normalized spacial score (nSPS) is 10.5. The van der Waals surface area contributed by atoms with Crippen molar-refractivity contribution in [3.63, 3.8) is 0 Å². The minimum absolute atomic E-state index is 0. The van der Waals surface area contributed by atoms with Crippen LogP contribution in [0.25, 0.3) is 10.9 Å². The number of hydrogen-bond acceptors (Lipinski definition) is 5. The Morgan fingerprint density at radius 3 is 2.58 bits per heavy atom. The molecule has 0 unspecified atom stereocenters. The summed E-state index contributed by atoms with van der Waals surface area (Å²) in [6.07, 6.45) is 4.24. The molecule has 2 aromatic rings. The van der Waals surface area contributed by atoms with Crippen molar-refractivity contribution in [1.82, 2.24) is 9.88 Å². The number of aromatic carboxylic acids is 1. The Balaban J connectivity index is 0.00000480. The maximum absolute atomic E-state index is 12.5. The number of amides is 1. The van der Waals surface area contributed by atoms with Gasteiger partial charge in [-0.15, -0.1) is 0 Å². The number of carboxylic acids is 1.